The Morgan fingerprint density at radius 1 is 1.26 bits per heavy atom. The molecule has 1 aromatic carbocycles. The number of furan rings is 1. The maximum absolute atomic E-state index is 12.0. The molecule has 3 rings (SSSR count). The van der Waals surface area contributed by atoms with Crippen molar-refractivity contribution in [3.05, 3.63) is 54.0 Å². The van der Waals surface area contributed by atoms with Gasteiger partial charge in [0.25, 0.3) is 0 Å². The number of carbonyl (C=O) groups excluding carboxylic acids is 1. The third-order valence-electron chi connectivity index (χ3n) is 3.95. The minimum absolute atomic E-state index is 0.272. The average Bonchev–Trinajstić information content (AvgIpc) is 3.24. The normalized spacial score (nSPS) is 21.3. The monoisotopic (exact) mass is 317 g/mol. The van der Waals surface area contributed by atoms with E-state index < -0.39 is 5.92 Å². The lowest BCUT2D eigenvalue weighted by Crippen LogP contribution is -2.28. The van der Waals surface area contributed by atoms with Crippen LogP contribution < -0.4 is 4.74 Å². The minimum atomic E-state index is -0.413. The number of hydrogen-bond acceptors (Lipinski definition) is 6. The molecule has 6 nitrogen and oxygen atoms in total. The van der Waals surface area contributed by atoms with E-state index in [2.05, 4.69) is 0 Å². The van der Waals surface area contributed by atoms with Gasteiger partial charge < -0.3 is 13.9 Å². The van der Waals surface area contributed by atoms with Crippen molar-refractivity contribution in [1.82, 2.24) is 5.06 Å². The summed E-state index contributed by atoms with van der Waals surface area (Å²) in [7, 11) is 3.01. The lowest BCUT2D eigenvalue weighted by Gasteiger charge is -2.23. The molecular formula is C17H19NO5. The van der Waals surface area contributed by atoms with Crippen LogP contribution in [-0.4, -0.2) is 31.9 Å². The number of carbonyl (C=O) groups is 1. The average molecular weight is 317 g/mol. The van der Waals surface area contributed by atoms with Crippen LogP contribution in [0.5, 0.6) is 5.75 Å². The second-order valence-electron chi connectivity index (χ2n) is 5.31. The maximum atomic E-state index is 12.0. The second kappa shape index (κ2) is 6.85. The quantitative estimate of drug-likeness (QED) is 0.790. The summed E-state index contributed by atoms with van der Waals surface area (Å²) in [5, 5.41) is 1.77. The van der Waals surface area contributed by atoms with Gasteiger partial charge in [-0.25, -0.2) is 0 Å². The Kier molecular flexibility index (Phi) is 4.64. The third kappa shape index (κ3) is 3.23. The first-order valence-corrected chi connectivity index (χ1v) is 7.36. The van der Waals surface area contributed by atoms with E-state index >= 15 is 0 Å². The molecule has 1 aliphatic rings. The van der Waals surface area contributed by atoms with E-state index in [0.717, 1.165) is 11.3 Å². The molecule has 122 valence electrons. The first-order valence-electron chi connectivity index (χ1n) is 7.36. The molecule has 0 bridgehead atoms. The Hall–Kier alpha value is -2.31. The van der Waals surface area contributed by atoms with Gasteiger partial charge in [0, 0.05) is 6.54 Å². The van der Waals surface area contributed by atoms with Crippen molar-refractivity contribution in [3.8, 4) is 5.75 Å². The Bertz CT molecular complexity index is 638. The number of hydroxylamine groups is 2. The number of esters is 1. The van der Waals surface area contributed by atoms with E-state index in [1.807, 2.05) is 30.3 Å². The van der Waals surface area contributed by atoms with Crippen LogP contribution in [0.1, 0.15) is 17.4 Å². The summed E-state index contributed by atoms with van der Waals surface area (Å²) in [4.78, 5) is 17.7. The van der Waals surface area contributed by atoms with Crippen molar-refractivity contribution in [2.75, 3.05) is 20.8 Å². The fourth-order valence-electron chi connectivity index (χ4n) is 2.75. The van der Waals surface area contributed by atoms with Gasteiger partial charge in [-0.05, 0) is 29.8 Å². The summed E-state index contributed by atoms with van der Waals surface area (Å²) in [6.45, 7) is 0.803. The molecule has 1 fully saturated rings. The minimum Gasteiger partial charge on any atom is -0.497 e. The summed E-state index contributed by atoms with van der Waals surface area (Å²) in [5.41, 5.74) is 1.05. The summed E-state index contributed by atoms with van der Waals surface area (Å²) < 4.78 is 15.5. The molecule has 1 aliphatic heterocycles. The Balaban J connectivity index is 1.80. The highest BCUT2D eigenvalue weighted by molar-refractivity contribution is 5.73. The van der Waals surface area contributed by atoms with E-state index in [-0.39, 0.29) is 18.6 Å². The van der Waals surface area contributed by atoms with Crippen molar-refractivity contribution in [2.45, 2.75) is 12.6 Å². The van der Waals surface area contributed by atoms with Crippen LogP contribution in [0.4, 0.5) is 0 Å². The van der Waals surface area contributed by atoms with Gasteiger partial charge in [-0.15, -0.1) is 0 Å². The van der Waals surface area contributed by atoms with Crippen molar-refractivity contribution in [3.63, 3.8) is 0 Å². The molecule has 1 aromatic heterocycles. The molecule has 0 aliphatic carbocycles. The number of nitrogens with zero attached hydrogens (tertiary/aromatic N) is 1. The highest BCUT2D eigenvalue weighted by Crippen LogP contribution is 2.37. The molecule has 0 amide bonds. The standard InChI is InChI=1S/C17H19NO5/c1-20-13-7-5-12(6-8-13)10-18-16(15-4-3-9-22-15)14(11-23-18)17(19)21-2/h3-9,14,16H,10-11H2,1-2H3/t14-,16-/m1/s1. The molecule has 2 atom stereocenters. The van der Waals surface area contributed by atoms with Gasteiger partial charge in [-0.2, -0.15) is 5.06 Å². The van der Waals surface area contributed by atoms with Gasteiger partial charge in [-0.3, -0.25) is 9.63 Å². The number of rotatable bonds is 5. The van der Waals surface area contributed by atoms with Crippen molar-refractivity contribution in [1.29, 1.82) is 0 Å². The molecule has 2 aromatic rings. The molecule has 0 radical (unpaired) electrons. The van der Waals surface area contributed by atoms with Crippen LogP contribution in [0.3, 0.4) is 0 Å². The third-order valence-corrected chi connectivity index (χ3v) is 3.95. The summed E-state index contributed by atoms with van der Waals surface area (Å²) in [6, 6.07) is 11.1. The molecule has 23 heavy (non-hydrogen) atoms. The molecule has 0 saturated carbocycles. The number of benzene rings is 1. The van der Waals surface area contributed by atoms with Crippen LogP contribution in [0.15, 0.2) is 47.1 Å². The van der Waals surface area contributed by atoms with Gasteiger partial charge in [0.1, 0.15) is 23.5 Å². The van der Waals surface area contributed by atoms with E-state index in [0.29, 0.717) is 12.3 Å². The topological polar surface area (TPSA) is 61.1 Å². The summed E-state index contributed by atoms with van der Waals surface area (Å²) in [5.74, 6) is 0.769. The lowest BCUT2D eigenvalue weighted by atomic mass is 9.99. The van der Waals surface area contributed by atoms with Crippen LogP contribution in [0.25, 0.3) is 0 Å². The van der Waals surface area contributed by atoms with Crippen molar-refractivity contribution in [2.24, 2.45) is 5.92 Å². The zero-order valence-corrected chi connectivity index (χ0v) is 13.1. The smallest absolute Gasteiger partial charge is 0.313 e. The zero-order chi connectivity index (χ0) is 16.2. The van der Waals surface area contributed by atoms with E-state index in [1.54, 1.807) is 24.5 Å². The van der Waals surface area contributed by atoms with E-state index in [1.165, 1.54) is 7.11 Å². The Morgan fingerprint density at radius 3 is 2.65 bits per heavy atom. The molecule has 0 unspecified atom stereocenters. The van der Waals surface area contributed by atoms with Crippen LogP contribution in [0, 0.1) is 5.92 Å². The zero-order valence-electron chi connectivity index (χ0n) is 13.1. The highest BCUT2D eigenvalue weighted by Gasteiger charge is 2.43. The Morgan fingerprint density at radius 2 is 2.04 bits per heavy atom. The van der Waals surface area contributed by atoms with Crippen LogP contribution in [0.2, 0.25) is 0 Å². The molecular weight excluding hydrogens is 298 g/mol. The van der Waals surface area contributed by atoms with Gasteiger partial charge in [0.15, 0.2) is 0 Å². The molecule has 0 N–H and O–H groups in total. The first-order chi connectivity index (χ1) is 11.2. The largest absolute Gasteiger partial charge is 0.497 e. The van der Waals surface area contributed by atoms with Crippen LogP contribution >= 0.6 is 0 Å². The van der Waals surface area contributed by atoms with Crippen molar-refractivity contribution >= 4 is 5.97 Å². The predicted molar refractivity (Wildman–Crippen MR) is 81.4 cm³/mol. The SMILES string of the molecule is COC(=O)[C@@H]1CON(Cc2ccc(OC)cc2)[C@H]1c1ccco1. The van der Waals surface area contributed by atoms with Gasteiger partial charge in [0.05, 0.1) is 27.1 Å². The van der Waals surface area contributed by atoms with Crippen molar-refractivity contribution < 1.29 is 23.5 Å². The van der Waals surface area contributed by atoms with Gasteiger partial charge in [0.2, 0.25) is 0 Å². The summed E-state index contributed by atoms with van der Waals surface area (Å²) in [6.07, 6.45) is 1.59. The van der Waals surface area contributed by atoms with Crippen LogP contribution in [-0.2, 0) is 20.9 Å². The fraction of sp³-hybridized carbons (Fsp3) is 0.353. The van der Waals surface area contributed by atoms with Gasteiger partial charge >= 0.3 is 5.97 Å². The molecule has 2 heterocycles. The predicted octanol–water partition coefficient (Wildman–Crippen LogP) is 2.57. The summed E-state index contributed by atoms with van der Waals surface area (Å²) >= 11 is 0. The second-order valence-corrected chi connectivity index (χ2v) is 5.31. The maximum Gasteiger partial charge on any atom is 0.313 e. The highest BCUT2D eigenvalue weighted by atomic mass is 16.7. The first kappa shape index (κ1) is 15.6. The van der Waals surface area contributed by atoms with E-state index in [9.17, 15) is 4.79 Å². The number of ether oxygens (including phenoxy) is 2. The molecule has 0 spiro atoms. The number of hydrogen-bond donors (Lipinski definition) is 0. The molecule has 1 saturated heterocycles. The Labute approximate surface area is 134 Å². The van der Waals surface area contributed by atoms with Gasteiger partial charge in [-0.1, -0.05) is 12.1 Å². The van der Waals surface area contributed by atoms with E-state index in [4.69, 9.17) is 18.7 Å². The number of methoxy groups -OCH3 is 2. The fourth-order valence-corrected chi connectivity index (χ4v) is 2.75. The molecule has 6 heteroatoms. The lowest BCUT2D eigenvalue weighted by molar-refractivity contribution is -0.147.